The molecular formula is C24H20ClN3O3S. The number of benzene rings is 3. The Morgan fingerprint density at radius 1 is 0.969 bits per heavy atom. The van der Waals surface area contributed by atoms with E-state index in [0.717, 1.165) is 5.56 Å². The first-order valence-electron chi connectivity index (χ1n) is 9.82. The molecule has 1 aromatic heterocycles. The van der Waals surface area contributed by atoms with Crippen LogP contribution in [0.4, 0.5) is 5.69 Å². The van der Waals surface area contributed by atoms with Gasteiger partial charge < -0.3 is 10.3 Å². The standard InChI is InChI=1S/C24H20ClN3O3S/c1-16-10-12-20(13-11-16)26-21(29)15-32(30,31)24-22(17-6-3-2-4-7-17)27-23(28-24)18-8-5-9-19(25)14-18/h2-14H,15H2,1H3,(H,26,29)(H,27,28). The van der Waals surface area contributed by atoms with Gasteiger partial charge in [-0.2, -0.15) is 0 Å². The van der Waals surface area contributed by atoms with Crippen molar-refractivity contribution in [1.82, 2.24) is 9.97 Å². The van der Waals surface area contributed by atoms with E-state index in [0.29, 0.717) is 27.7 Å². The van der Waals surface area contributed by atoms with E-state index in [4.69, 9.17) is 11.6 Å². The van der Waals surface area contributed by atoms with Crippen molar-refractivity contribution in [2.45, 2.75) is 11.9 Å². The van der Waals surface area contributed by atoms with Gasteiger partial charge in [0.15, 0.2) is 5.03 Å². The first kappa shape index (κ1) is 21.8. The largest absolute Gasteiger partial charge is 0.329 e. The van der Waals surface area contributed by atoms with Crippen LogP contribution in [-0.4, -0.2) is 30.0 Å². The zero-order valence-corrected chi connectivity index (χ0v) is 18.7. The van der Waals surface area contributed by atoms with Gasteiger partial charge in [0.2, 0.25) is 15.7 Å². The third-order valence-corrected chi connectivity index (χ3v) is 6.58. The van der Waals surface area contributed by atoms with Gasteiger partial charge in [0.1, 0.15) is 17.3 Å². The second kappa shape index (κ2) is 8.98. The van der Waals surface area contributed by atoms with Gasteiger partial charge in [0.05, 0.1) is 0 Å². The first-order valence-corrected chi connectivity index (χ1v) is 11.9. The van der Waals surface area contributed by atoms with Gasteiger partial charge in [-0.25, -0.2) is 13.4 Å². The number of aryl methyl sites for hydroxylation is 1. The maximum Gasteiger partial charge on any atom is 0.240 e. The molecule has 2 N–H and O–H groups in total. The van der Waals surface area contributed by atoms with Gasteiger partial charge >= 0.3 is 0 Å². The lowest BCUT2D eigenvalue weighted by atomic mass is 10.2. The van der Waals surface area contributed by atoms with Crippen molar-refractivity contribution in [1.29, 1.82) is 0 Å². The molecule has 0 radical (unpaired) electrons. The van der Waals surface area contributed by atoms with Crippen molar-refractivity contribution in [3.63, 3.8) is 0 Å². The molecule has 0 aliphatic carbocycles. The minimum absolute atomic E-state index is 0.113. The number of carbonyl (C=O) groups excluding carboxylic acids is 1. The average Bonchev–Trinajstić information content (AvgIpc) is 3.22. The molecule has 0 bridgehead atoms. The van der Waals surface area contributed by atoms with Gasteiger partial charge in [-0.3, -0.25) is 4.79 Å². The Bertz CT molecular complexity index is 1370. The fourth-order valence-corrected chi connectivity index (χ4v) is 4.69. The van der Waals surface area contributed by atoms with E-state index in [-0.39, 0.29) is 10.7 Å². The maximum absolute atomic E-state index is 13.2. The highest BCUT2D eigenvalue weighted by atomic mass is 35.5. The molecule has 1 amide bonds. The Kier molecular flexibility index (Phi) is 6.12. The highest BCUT2D eigenvalue weighted by Crippen LogP contribution is 2.30. The molecule has 0 saturated heterocycles. The monoisotopic (exact) mass is 465 g/mol. The molecular weight excluding hydrogens is 446 g/mol. The van der Waals surface area contributed by atoms with Crippen molar-refractivity contribution in [2.75, 3.05) is 11.1 Å². The fraction of sp³-hybridized carbons (Fsp3) is 0.0833. The van der Waals surface area contributed by atoms with E-state index in [1.54, 1.807) is 60.7 Å². The van der Waals surface area contributed by atoms with Crippen molar-refractivity contribution >= 4 is 33.0 Å². The van der Waals surface area contributed by atoms with E-state index in [1.165, 1.54) is 0 Å². The number of anilines is 1. The predicted octanol–water partition coefficient (Wildman–Crippen LogP) is 5.12. The summed E-state index contributed by atoms with van der Waals surface area (Å²) in [4.78, 5) is 20.0. The Morgan fingerprint density at radius 2 is 1.66 bits per heavy atom. The number of aromatic nitrogens is 2. The number of rotatable bonds is 6. The van der Waals surface area contributed by atoms with E-state index in [1.807, 2.05) is 25.1 Å². The van der Waals surface area contributed by atoms with Gasteiger partial charge in [-0.05, 0) is 31.2 Å². The summed E-state index contributed by atoms with van der Waals surface area (Å²) in [7, 11) is -4.03. The molecule has 0 unspecified atom stereocenters. The third kappa shape index (κ3) is 4.90. The zero-order valence-electron chi connectivity index (χ0n) is 17.2. The summed E-state index contributed by atoms with van der Waals surface area (Å²) in [5.41, 5.74) is 3.08. The molecule has 6 nitrogen and oxygen atoms in total. The van der Waals surface area contributed by atoms with Crippen LogP contribution in [0.5, 0.6) is 0 Å². The maximum atomic E-state index is 13.2. The van der Waals surface area contributed by atoms with Crippen molar-refractivity contribution in [3.8, 4) is 22.6 Å². The quantitative estimate of drug-likeness (QED) is 0.413. The Hall–Kier alpha value is -3.42. The number of nitrogens with one attached hydrogen (secondary N) is 2. The number of amides is 1. The van der Waals surface area contributed by atoms with Gasteiger partial charge in [0.25, 0.3) is 0 Å². The number of aromatic amines is 1. The first-order chi connectivity index (χ1) is 15.3. The molecule has 4 aromatic rings. The van der Waals surface area contributed by atoms with Crippen molar-refractivity contribution < 1.29 is 13.2 Å². The summed E-state index contributed by atoms with van der Waals surface area (Å²) in [6, 6.07) is 23.0. The number of sulfone groups is 1. The number of carbonyl (C=O) groups is 1. The molecule has 0 spiro atoms. The summed E-state index contributed by atoms with van der Waals surface area (Å²) in [6.07, 6.45) is 0. The van der Waals surface area contributed by atoms with Crippen LogP contribution in [0.1, 0.15) is 5.56 Å². The Morgan fingerprint density at radius 3 is 2.34 bits per heavy atom. The van der Waals surface area contributed by atoms with Crippen LogP contribution < -0.4 is 5.32 Å². The van der Waals surface area contributed by atoms with Crippen molar-refractivity contribution in [2.24, 2.45) is 0 Å². The summed E-state index contributed by atoms with van der Waals surface area (Å²) in [6.45, 7) is 1.93. The second-order valence-electron chi connectivity index (χ2n) is 7.31. The molecule has 162 valence electrons. The SMILES string of the molecule is Cc1ccc(NC(=O)CS(=O)(=O)c2[nH]c(-c3cccc(Cl)c3)nc2-c2ccccc2)cc1. The number of imidazole rings is 1. The lowest BCUT2D eigenvalue weighted by Crippen LogP contribution is -2.23. The van der Waals surface area contributed by atoms with Gasteiger partial charge in [0, 0.05) is 21.8 Å². The molecule has 3 aromatic carbocycles. The van der Waals surface area contributed by atoms with Crippen LogP contribution in [-0.2, 0) is 14.6 Å². The Balaban J connectivity index is 1.70. The van der Waals surface area contributed by atoms with E-state index >= 15 is 0 Å². The zero-order chi connectivity index (χ0) is 22.7. The number of hydrogen-bond acceptors (Lipinski definition) is 4. The molecule has 0 atom stereocenters. The minimum atomic E-state index is -4.03. The second-order valence-corrected chi connectivity index (χ2v) is 9.68. The van der Waals surface area contributed by atoms with E-state index in [9.17, 15) is 13.2 Å². The van der Waals surface area contributed by atoms with E-state index in [2.05, 4.69) is 15.3 Å². The minimum Gasteiger partial charge on any atom is -0.329 e. The molecule has 4 rings (SSSR count). The summed E-state index contributed by atoms with van der Waals surface area (Å²) in [5.74, 6) is -1.01. The summed E-state index contributed by atoms with van der Waals surface area (Å²) in [5, 5.41) is 3.02. The molecule has 0 aliphatic heterocycles. The molecule has 8 heteroatoms. The van der Waals surface area contributed by atoms with Crippen LogP contribution in [0.15, 0.2) is 83.9 Å². The normalized spacial score (nSPS) is 11.3. The van der Waals surface area contributed by atoms with Crippen LogP contribution >= 0.6 is 11.6 Å². The lowest BCUT2D eigenvalue weighted by Gasteiger charge is -2.07. The molecule has 32 heavy (non-hydrogen) atoms. The number of nitrogens with zero attached hydrogens (tertiary/aromatic N) is 1. The predicted molar refractivity (Wildman–Crippen MR) is 126 cm³/mol. The van der Waals surface area contributed by atoms with Crippen molar-refractivity contribution in [3.05, 3.63) is 89.4 Å². The van der Waals surface area contributed by atoms with Gasteiger partial charge in [-0.1, -0.05) is 71.8 Å². The van der Waals surface area contributed by atoms with Crippen LogP contribution in [0, 0.1) is 6.92 Å². The fourth-order valence-electron chi connectivity index (χ4n) is 3.23. The summed E-state index contributed by atoms with van der Waals surface area (Å²) >= 11 is 6.09. The van der Waals surface area contributed by atoms with Crippen LogP contribution in [0.2, 0.25) is 5.02 Å². The molecule has 0 aliphatic rings. The third-order valence-electron chi connectivity index (χ3n) is 4.78. The van der Waals surface area contributed by atoms with E-state index < -0.39 is 21.5 Å². The Labute approximate surface area is 191 Å². The van der Waals surface area contributed by atoms with Crippen LogP contribution in [0.3, 0.4) is 0 Å². The highest BCUT2D eigenvalue weighted by molar-refractivity contribution is 7.92. The number of H-pyrrole nitrogens is 1. The van der Waals surface area contributed by atoms with Crippen LogP contribution in [0.25, 0.3) is 22.6 Å². The topological polar surface area (TPSA) is 91.9 Å². The number of hydrogen-bond donors (Lipinski definition) is 2. The molecule has 0 fully saturated rings. The smallest absolute Gasteiger partial charge is 0.240 e. The average molecular weight is 466 g/mol. The summed E-state index contributed by atoms with van der Waals surface area (Å²) < 4.78 is 26.5. The lowest BCUT2D eigenvalue weighted by molar-refractivity contribution is -0.113. The number of halogens is 1. The highest BCUT2D eigenvalue weighted by Gasteiger charge is 2.27. The molecule has 0 saturated carbocycles. The van der Waals surface area contributed by atoms with Gasteiger partial charge in [-0.15, -0.1) is 0 Å². The molecule has 1 heterocycles.